The second kappa shape index (κ2) is 7.00. The van der Waals surface area contributed by atoms with Gasteiger partial charge in [0.25, 0.3) is 5.91 Å². The molecule has 1 aliphatic rings. The van der Waals surface area contributed by atoms with Crippen molar-refractivity contribution in [1.82, 2.24) is 9.88 Å². The highest BCUT2D eigenvalue weighted by atomic mass is 32.1. The van der Waals surface area contributed by atoms with E-state index in [1.165, 1.54) is 22.4 Å². The second-order valence-electron chi connectivity index (χ2n) is 5.15. The molecule has 1 N–H and O–H groups in total. The van der Waals surface area contributed by atoms with E-state index in [1.54, 1.807) is 0 Å². The van der Waals surface area contributed by atoms with Crippen LogP contribution in [0.4, 0.5) is 0 Å². The highest BCUT2D eigenvalue weighted by Crippen LogP contribution is 2.31. The molecule has 116 valence electrons. The Morgan fingerprint density at radius 1 is 1.62 bits per heavy atom. The maximum Gasteiger partial charge on any atom is 0.323 e. The van der Waals surface area contributed by atoms with E-state index in [0.29, 0.717) is 11.3 Å². The topological polar surface area (TPSA) is 79.7 Å². The summed E-state index contributed by atoms with van der Waals surface area (Å²) in [6.07, 6.45) is 4.14. The van der Waals surface area contributed by atoms with Crippen LogP contribution in [-0.2, 0) is 9.53 Å². The van der Waals surface area contributed by atoms with Gasteiger partial charge in [0.05, 0.1) is 6.20 Å². The maximum absolute atomic E-state index is 12.5. The fourth-order valence-electron chi connectivity index (χ4n) is 2.24. The molecule has 21 heavy (non-hydrogen) atoms. The Morgan fingerprint density at radius 3 is 2.95 bits per heavy atom. The Kier molecular flexibility index (Phi) is 5.30. The molecule has 0 aliphatic carbocycles. The number of amides is 1. The molecule has 2 unspecified atom stereocenters. The second-order valence-corrected chi connectivity index (χ2v) is 6.21. The largest absolute Gasteiger partial charge is 0.480 e. The number of aliphatic carboxylic acids is 1. The summed E-state index contributed by atoms with van der Waals surface area (Å²) in [4.78, 5) is 29.6. The molecule has 7 heteroatoms. The van der Waals surface area contributed by atoms with Gasteiger partial charge in [0.15, 0.2) is 0 Å². The van der Waals surface area contributed by atoms with Gasteiger partial charge < -0.3 is 14.7 Å². The number of carboxylic acid groups (broad SMARTS) is 1. The van der Waals surface area contributed by atoms with Gasteiger partial charge in [-0.2, -0.15) is 0 Å². The number of thiazole rings is 1. The Hall–Kier alpha value is -1.47. The number of hydrogen-bond donors (Lipinski definition) is 1. The van der Waals surface area contributed by atoms with Crippen LogP contribution in [0.2, 0.25) is 0 Å². The van der Waals surface area contributed by atoms with Crippen LogP contribution in [0.1, 0.15) is 53.9 Å². The van der Waals surface area contributed by atoms with Gasteiger partial charge in [0.2, 0.25) is 0 Å². The quantitative estimate of drug-likeness (QED) is 0.872. The third-order valence-corrected chi connectivity index (χ3v) is 4.71. The van der Waals surface area contributed by atoms with Crippen molar-refractivity contribution in [2.45, 2.75) is 45.3 Å². The average Bonchev–Trinajstić information content (AvgIpc) is 3.12. The zero-order valence-corrected chi connectivity index (χ0v) is 13.1. The molecule has 0 saturated carbocycles. The molecule has 2 rings (SSSR count). The maximum atomic E-state index is 12.5. The summed E-state index contributed by atoms with van der Waals surface area (Å²) in [5.41, 5.74) is 0. The minimum atomic E-state index is -1.01. The fourth-order valence-corrected chi connectivity index (χ4v) is 3.20. The van der Waals surface area contributed by atoms with E-state index < -0.39 is 5.97 Å². The zero-order chi connectivity index (χ0) is 15.4. The van der Waals surface area contributed by atoms with Crippen molar-refractivity contribution in [3.05, 3.63) is 16.1 Å². The molecular formula is C14H20N2O4S. The van der Waals surface area contributed by atoms with Crippen LogP contribution < -0.4 is 0 Å². The van der Waals surface area contributed by atoms with Gasteiger partial charge in [-0.1, -0.05) is 6.92 Å². The lowest BCUT2D eigenvalue weighted by Gasteiger charge is -2.26. The number of carbonyl (C=O) groups excluding carboxylic acids is 1. The van der Waals surface area contributed by atoms with E-state index in [2.05, 4.69) is 4.98 Å². The third kappa shape index (κ3) is 3.79. The van der Waals surface area contributed by atoms with Crippen molar-refractivity contribution >= 4 is 23.2 Å². The Labute approximate surface area is 127 Å². The summed E-state index contributed by atoms with van der Waals surface area (Å²) in [7, 11) is 0. The number of aromatic nitrogens is 1. The van der Waals surface area contributed by atoms with E-state index in [1.807, 2.05) is 13.8 Å². The number of ether oxygens (including phenoxy) is 1. The number of nitrogens with zero attached hydrogens (tertiary/aromatic N) is 2. The van der Waals surface area contributed by atoms with Crippen LogP contribution in [0.25, 0.3) is 0 Å². The molecule has 1 fully saturated rings. The van der Waals surface area contributed by atoms with Crippen LogP contribution >= 0.6 is 11.3 Å². The molecule has 2 atom stereocenters. The van der Waals surface area contributed by atoms with Crippen LogP contribution in [-0.4, -0.2) is 46.1 Å². The van der Waals surface area contributed by atoms with Crippen LogP contribution in [0.3, 0.4) is 0 Å². The first kappa shape index (κ1) is 15.9. The summed E-state index contributed by atoms with van der Waals surface area (Å²) in [6, 6.07) is -0.123. The van der Waals surface area contributed by atoms with E-state index >= 15 is 0 Å². The lowest BCUT2D eigenvalue weighted by Crippen LogP contribution is -2.41. The van der Waals surface area contributed by atoms with Gasteiger partial charge >= 0.3 is 5.97 Å². The summed E-state index contributed by atoms with van der Waals surface area (Å²) in [6.45, 7) is 4.21. The molecule has 1 aliphatic heterocycles. The highest BCUT2D eigenvalue weighted by Gasteiger charge is 2.27. The number of hydrogen-bond acceptors (Lipinski definition) is 5. The molecular weight excluding hydrogens is 292 g/mol. The zero-order valence-electron chi connectivity index (χ0n) is 12.2. The molecule has 6 nitrogen and oxygen atoms in total. The minimum absolute atomic E-state index is 0.0203. The molecule has 1 amide bonds. The standard InChI is InChI=1S/C14H20N2O4S/c1-3-9(2)16(8-12(17)18)14(19)11-7-15-13(21-11)10-5-4-6-20-10/h7,9-10H,3-6,8H2,1-2H3,(H,17,18). The van der Waals surface area contributed by atoms with Crippen LogP contribution in [0, 0.1) is 0 Å². The lowest BCUT2D eigenvalue weighted by molar-refractivity contribution is -0.138. The summed E-state index contributed by atoms with van der Waals surface area (Å²) < 4.78 is 5.55. The van der Waals surface area contributed by atoms with Gasteiger partial charge in [-0.15, -0.1) is 11.3 Å². The van der Waals surface area contributed by atoms with E-state index in [-0.39, 0.29) is 24.6 Å². The number of rotatable bonds is 6. The molecule has 0 radical (unpaired) electrons. The van der Waals surface area contributed by atoms with E-state index in [9.17, 15) is 9.59 Å². The van der Waals surface area contributed by atoms with Gasteiger partial charge in [-0.05, 0) is 26.2 Å². The van der Waals surface area contributed by atoms with Crippen molar-refractivity contribution in [3.63, 3.8) is 0 Å². The molecule has 1 aromatic rings. The molecule has 0 spiro atoms. The highest BCUT2D eigenvalue weighted by molar-refractivity contribution is 7.13. The van der Waals surface area contributed by atoms with E-state index in [4.69, 9.17) is 9.84 Å². The van der Waals surface area contributed by atoms with Gasteiger partial charge in [-0.25, -0.2) is 4.98 Å². The molecule has 0 aromatic carbocycles. The Balaban J connectivity index is 2.14. The SMILES string of the molecule is CCC(C)N(CC(=O)O)C(=O)c1cnc(C2CCCO2)s1. The van der Waals surface area contributed by atoms with Gasteiger partial charge in [-0.3, -0.25) is 9.59 Å². The molecule has 2 heterocycles. The molecule has 0 bridgehead atoms. The number of carboxylic acids is 1. The van der Waals surface area contributed by atoms with E-state index in [0.717, 1.165) is 24.5 Å². The van der Waals surface area contributed by atoms with Crippen LogP contribution in [0.15, 0.2) is 6.20 Å². The van der Waals surface area contributed by atoms with Gasteiger partial charge in [0.1, 0.15) is 22.5 Å². The third-order valence-electron chi connectivity index (χ3n) is 3.63. The smallest absolute Gasteiger partial charge is 0.323 e. The van der Waals surface area contributed by atoms with Crippen molar-refractivity contribution in [2.24, 2.45) is 0 Å². The van der Waals surface area contributed by atoms with Crippen molar-refractivity contribution in [1.29, 1.82) is 0 Å². The molecule has 1 saturated heterocycles. The summed E-state index contributed by atoms with van der Waals surface area (Å²) in [5, 5.41) is 9.78. The first-order valence-corrected chi connectivity index (χ1v) is 7.94. The summed E-state index contributed by atoms with van der Waals surface area (Å²) >= 11 is 1.30. The van der Waals surface area contributed by atoms with Crippen molar-refractivity contribution < 1.29 is 19.4 Å². The predicted octanol–water partition coefficient (Wildman–Crippen LogP) is 2.32. The molecule has 1 aromatic heterocycles. The van der Waals surface area contributed by atoms with Crippen molar-refractivity contribution in [2.75, 3.05) is 13.2 Å². The monoisotopic (exact) mass is 312 g/mol. The first-order valence-electron chi connectivity index (χ1n) is 7.13. The van der Waals surface area contributed by atoms with Gasteiger partial charge in [0, 0.05) is 12.6 Å². The number of carbonyl (C=O) groups is 2. The van der Waals surface area contributed by atoms with Crippen LogP contribution in [0.5, 0.6) is 0 Å². The summed E-state index contributed by atoms with van der Waals surface area (Å²) in [5.74, 6) is -1.28. The first-order chi connectivity index (χ1) is 10.0. The Morgan fingerprint density at radius 2 is 2.38 bits per heavy atom. The predicted molar refractivity (Wildman–Crippen MR) is 78.5 cm³/mol. The average molecular weight is 312 g/mol. The minimum Gasteiger partial charge on any atom is -0.480 e. The van der Waals surface area contributed by atoms with Crippen molar-refractivity contribution in [3.8, 4) is 0 Å². The normalized spacial score (nSPS) is 19.4. The lowest BCUT2D eigenvalue weighted by atomic mass is 10.2. The fraction of sp³-hybridized carbons (Fsp3) is 0.643. The Bertz CT molecular complexity index is 511.